The molecule has 0 spiro atoms. The Labute approximate surface area is 218 Å². The molecule has 7 nitrogen and oxygen atoms in total. The summed E-state index contributed by atoms with van der Waals surface area (Å²) in [7, 11) is 1.35. The lowest BCUT2D eigenvalue weighted by Gasteiger charge is -2.33. The Hall–Kier alpha value is -2.87. The highest BCUT2D eigenvalue weighted by Crippen LogP contribution is 2.40. The van der Waals surface area contributed by atoms with Gasteiger partial charge in [0.05, 0.1) is 12.8 Å². The van der Waals surface area contributed by atoms with Gasteiger partial charge in [-0.05, 0) is 90.0 Å². The van der Waals surface area contributed by atoms with Gasteiger partial charge >= 0.3 is 12.1 Å². The van der Waals surface area contributed by atoms with E-state index in [4.69, 9.17) is 9.47 Å². The lowest BCUT2D eigenvalue weighted by Crippen LogP contribution is -2.42. The number of rotatable bonds is 6. The highest BCUT2D eigenvalue weighted by molar-refractivity contribution is 7.18. The fourth-order valence-electron chi connectivity index (χ4n) is 4.44. The van der Waals surface area contributed by atoms with E-state index in [1.807, 2.05) is 52.8 Å². The minimum atomic E-state index is -0.586. The van der Waals surface area contributed by atoms with Crippen molar-refractivity contribution < 1.29 is 23.9 Å². The number of carbonyl (C=O) groups is 3. The molecule has 8 heteroatoms. The molecular weight excluding hydrogens is 476 g/mol. The Kier molecular flexibility index (Phi) is 8.82. The average molecular weight is 515 g/mol. The molecule has 0 unspecified atom stereocenters. The van der Waals surface area contributed by atoms with Crippen LogP contribution >= 0.6 is 11.3 Å². The van der Waals surface area contributed by atoms with Gasteiger partial charge in [-0.2, -0.15) is 0 Å². The molecule has 1 aromatic heterocycles. The summed E-state index contributed by atoms with van der Waals surface area (Å²) < 4.78 is 10.4. The van der Waals surface area contributed by atoms with Gasteiger partial charge in [0.15, 0.2) is 0 Å². The van der Waals surface area contributed by atoms with E-state index in [1.54, 1.807) is 17.0 Å². The highest BCUT2D eigenvalue weighted by atomic mass is 32.1. The minimum Gasteiger partial charge on any atom is -0.465 e. The number of carbonyl (C=O) groups excluding carboxylic acids is 3. The number of methoxy groups -OCH3 is 1. The summed E-state index contributed by atoms with van der Waals surface area (Å²) in [6, 6.07) is 9.09. The largest absolute Gasteiger partial charge is 0.465 e. The first kappa shape index (κ1) is 27.7. The van der Waals surface area contributed by atoms with Gasteiger partial charge in [0.1, 0.15) is 10.5 Å². The van der Waals surface area contributed by atoms with Crippen LogP contribution in [-0.2, 0) is 14.3 Å². The molecule has 1 N–H and O–H groups in total. The topological polar surface area (TPSA) is 84.9 Å². The molecule has 0 bridgehead atoms. The van der Waals surface area contributed by atoms with E-state index in [-0.39, 0.29) is 17.9 Å². The molecule has 2 aromatic rings. The zero-order chi connectivity index (χ0) is 26.6. The molecule has 0 radical (unpaired) electrons. The SMILES string of the molecule is COC(=O)c1sc(-c2ccc(NC(=O)OC(C)(C)C)cc2)cc1N(C(=O)[C@H]1CC[C@H](C)CC1)C(C)C. The monoisotopic (exact) mass is 514 g/mol. The van der Waals surface area contributed by atoms with Crippen LogP contribution < -0.4 is 10.2 Å². The lowest BCUT2D eigenvalue weighted by molar-refractivity contribution is -0.123. The summed E-state index contributed by atoms with van der Waals surface area (Å²) in [5, 5.41) is 2.72. The van der Waals surface area contributed by atoms with E-state index in [2.05, 4.69) is 12.2 Å². The van der Waals surface area contributed by atoms with Crippen molar-refractivity contribution in [2.45, 2.75) is 78.9 Å². The molecule has 196 valence electrons. The molecule has 1 aromatic carbocycles. The van der Waals surface area contributed by atoms with E-state index in [0.717, 1.165) is 36.1 Å². The van der Waals surface area contributed by atoms with Crippen molar-refractivity contribution in [1.82, 2.24) is 0 Å². The summed E-state index contributed by atoms with van der Waals surface area (Å²) in [6.07, 6.45) is 3.32. The fraction of sp³-hybridized carbons (Fsp3) is 0.536. The minimum absolute atomic E-state index is 0.0318. The van der Waals surface area contributed by atoms with E-state index in [9.17, 15) is 14.4 Å². The van der Waals surface area contributed by atoms with Crippen LogP contribution in [-0.4, -0.2) is 36.7 Å². The van der Waals surface area contributed by atoms with Gasteiger partial charge in [0.25, 0.3) is 0 Å². The van der Waals surface area contributed by atoms with Crippen LogP contribution in [0, 0.1) is 11.8 Å². The first-order chi connectivity index (χ1) is 16.9. The Bertz CT molecular complexity index is 1080. The number of esters is 1. The van der Waals surface area contributed by atoms with Crippen LogP contribution in [0.25, 0.3) is 10.4 Å². The first-order valence-electron chi connectivity index (χ1n) is 12.5. The molecule has 0 aliphatic heterocycles. The summed E-state index contributed by atoms with van der Waals surface area (Å²) in [4.78, 5) is 41.4. The second kappa shape index (κ2) is 11.5. The summed E-state index contributed by atoms with van der Waals surface area (Å²) >= 11 is 1.30. The molecule has 1 heterocycles. The Morgan fingerprint density at radius 2 is 1.67 bits per heavy atom. The number of hydrogen-bond acceptors (Lipinski definition) is 6. The van der Waals surface area contributed by atoms with Crippen molar-refractivity contribution in [3.8, 4) is 10.4 Å². The zero-order valence-electron chi connectivity index (χ0n) is 22.3. The van der Waals surface area contributed by atoms with Crippen molar-refractivity contribution in [3.63, 3.8) is 0 Å². The Balaban J connectivity index is 1.89. The van der Waals surface area contributed by atoms with Crippen LogP contribution in [0.2, 0.25) is 0 Å². The number of nitrogens with zero attached hydrogens (tertiary/aromatic N) is 1. The molecule has 0 atom stereocenters. The van der Waals surface area contributed by atoms with E-state index in [1.165, 1.54) is 18.4 Å². The molecule has 0 saturated heterocycles. The predicted octanol–water partition coefficient (Wildman–Crippen LogP) is 7.12. The maximum Gasteiger partial charge on any atom is 0.412 e. The van der Waals surface area contributed by atoms with Crippen LogP contribution in [0.5, 0.6) is 0 Å². The Morgan fingerprint density at radius 1 is 1.06 bits per heavy atom. The predicted molar refractivity (Wildman–Crippen MR) is 145 cm³/mol. The molecule has 1 fully saturated rings. The number of anilines is 2. The third-order valence-corrected chi connectivity index (χ3v) is 7.43. The van der Waals surface area contributed by atoms with Gasteiger partial charge in [0, 0.05) is 22.5 Å². The lowest BCUT2D eigenvalue weighted by atomic mass is 9.82. The number of ether oxygens (including phenoxy) is 2. The second-order valence-electron chi connectivity index (χ2n) is 10.8. The number of nitrogens with one attached hydrogen (secondary N) is 1. The summed E-state index contributed by atoms with van der Waals surface area (Å²) in [5.74, 6) is 0.229. The number of hydrogen-bond donors (Lipinski definition) is 1. The third kappa shape index (κ3) is 6.87. The van der Waals surface area contributed by atoms with Gasteiger partial charge in [-0.3, -0.25) is 10.1 Å². The van der Waals surface area contributed by atoms with Crippen LogP contribution in [0.1, 0.15) is 76.9 Å². The van der Waals surface area contributed by atoms with Crippen LogP contribution in [0.15, 0.2) is 30.3 Å². The smallest absolute Gasteiger partial charge is 0.412 e. The van der Waals surface area contributed by atoms with Gasteiger partial charge in [-0.1, -0.05) is 19.1 Å². The summed E-state index contributed by atoms with van der Waals surface area (Å²) in [5.41, 5.74) is 1.48. The Morgan fingerprint density at radius 3 is 2.19 bits per heavy atom. The summed E-state index contributed by atoms with van der Waals surface area (Å²) in [6.45, 7) is 11.6. The van der Waals surface area contributed by atoms with E-state index >= 15 is 0 Å². The molecular formula is C28H38N2O5S. The van der Waals surface area contributed by atoms with Crippen molar-refractivity contribution in [2.24, 2.45) is 11.8 Å². The first-order valence-corrected chi connectivity index (χ1v) is 13.4. The zero-order valence-corrected chi connectivity index (χ0v) is 23.2. The van der Waals surface area contributed by atoms with Gasteiger partial charge in [0.2, 0.25) is 5.91 Å². The van der Waals surface area contributed by atoms with Crippen molar-refractivity contribution in [3.05, 3.63) is 35.2 Å². The van der Waals surface area contributed by atoms with Gasteiger partial charge < -0.3 is 14.4 Å². The maximum atomic E-state index is 13.6. The average Bonchev–Trinajstić information content (AvgIpc) is 3.22. The standard InChI is InChI=1S/C28H38N2O5S/c1-17(2)30(25(31)20-10-8-18(3)9-11-20)22-16-23(36-24(22)26(32)34-7)19-12-14-21(15-13-19)29-27(33)35-28(4,5)6/h12-18,20H,8-11H2,1-7H3,(H,29,33)/t18-,20-. The molecule has 2 amide bonds. The number of benzene rings is 1. The molecule has 36 heavy (non-hydrogen) atoms. The van der Waals surface area contributed by atoms with Crippen LogP contribution in [0.4, 0.5) is 16.2 Å². The molecule has 1 aliphatic rings. The molecule has 3 rings (SSSR count). The third-order valence-electron chi connectivity index (χ3n) is 6.28. The second-order valence-corrected chi connectivity index (χ2v) is 11.8. The van der Waals surface area contributed by atoms with Crippen molar-refractivity contribution in [2.75, 3.05) is 17.3 Å². The molecule has 1 aliphatic carbocycles. The molecule has 1 saturated carbocycles. The van der Waals surface area contributed by atoms with Crippen LogP contribution in [0.3, 0.4) is 0 Å². The van der Waals surface area contributed by atoms with E-state index in [0.29, 0.717) is 22.2 Å². The highest BCUT2D eigenvalue weighted by Gasteiger charge is 2.33. The number of thiophene rings is 1. The van der Waals surface area contributed by atoms with Crippen molar-refractivity contribution in [1.29, 1.82) is 0 Å². The van der Waals surface area contributed by atoms with Gasteiger partial charge in [-0.15, -0.1) is 11.3 Å². The van der Waals surface area contributed by atoms with E-state index < -0.39 is 17.7 Å². The number of amides is 2. The van der Waals surface area contributed by atoms with Gasteiger partial charge in [-0.25, -0.2) is 9.59 Å². The maximum absolute atomic E-state index is 13.6. The normalized spacial score (nSPS) is 18.0. The van der Waals surface area contributed by atoms with Crippen molar-refractivity contribution >= 4 is 40.7 Å². The quantitative estimate of drug-likeness (QED) is 0.415. The fourth-order valence-corrected chi connectivity index (χ4v) is 5.51.